The number of hydrogen-bond donors (Lipinski definition) is 1. The molecular formula is C14H21N3O. The maximum Gasteiger partial charge on any atom is 0.127 e. The van der Waals surface area contributed by atoms with Crippen LogP contribution in [0, 0.1) is 0 Å². The average molecular weight is 247 g/mol. The van der Waals surface area contributed by atoms with Crippen LogP contribution in [0.1, 0.15) is 37.4 Å². The summed E-state index contributed by atoms with van der Waals surface area (Å²) in [6, 6.07) is 2.04. The summed E-state index contributed by atoms with van der Waals surface area (Å²) in [6.45, 7) is 6.87. The van der Waals surface area contributed by atoms with Gasteiger partial charge in [0.15, 0.2) is 0 Å². The predicted molar refractivity (Wildman–Crippen MR) is 71.4 cm³/mol. The van der Waals surface area contributed by atoms with Crippen molar-refractivity contribution in [2.45, 2.75) is 39.8 Å². The Balaban J connectivity index is 2.08. The van der Waals surface area contributed by atoms with Crippen LogP contribution in [0.3, 0.4) is 0 Å². The van der Waals surface area contributed by atoms with E-state index in [0.717, 1.165) is 44.1 Å². The van der Waals surface area contributed by atoms with E-state index in [1.807, 2.05) is 18.5 Å². The molecule has 0 saturated heterocycles. The molecule has 2 heterocycles. The van der Waals surface area contributed by atoms with Crippen LogP contribution < -0.4 is 5.32 Å². The quantitative estimate of drug-likeness (QED) is 0.817. The Bertz CT molecular complexity index is 473. The lowest BCUT2D eigenvalue weighted by Crippen LogP contribution is -2.13. The Morgan fingerprint density at radius 3 is 3.06 bits per heavy atom. The molecule has 0 aromatic carbocycles. The summed E-state index contributed by atoms with van der Waals surface area (Å²) in [7, 11) is 0. The van der Waals surface area contributed by atoms with Gasteiger partial charge in [0, 0.05) is 30.9 Å². The molecule has 2 aromatic heterocycles. The zero-order valence-corrected chi connectivity index (χ0v) is 11.1. The second-order valence-corrected chi connectivity index (χ2v) is 4.37. The van der Waals surface area contributed by atoms with Crippen molar-refractivity contribution >= 4 is 0 Å². The minimum Gasteiger partial charge on any atom is -0.467 e. The first-order valence-electron chi connectivity index (χ1n) is 6.61. The van der Waals surface area contributed by atoms with Crippen molar-refractivity contribution < 1.29 is 4.42 Å². The highest BCUT2D eigenvalue weighted by atomic mass is 16.3. The molecule has 0 aliphatic rings. The summed E-state index contributed by atoms with van der Waals surface area (Å²) in [4.78, 5) is 4.38. The molecule has 98 valence electrons. The van der Waals surface area contributed by atoms with Crippen molar-refractivity contribution in [3.8, 4) is 0 Å². The first-order valence-corrected chi connectivity index (χ1v) is 6.61. The Hall–Kier alpha value is -1.55. The first kappa shape index (κ1) is 12.9. The molecule has 4 nitrogen and oxygen atoms in total. The lowest BCUT2D eigenvalue weighted by Gasteiger charge is -2.07. The molecule has 0 radical (unpaired) electrons. The highest BCUT2D eigenvalue weighted by Gasteiger charge is 2.09. The largest absolute Gasteiger partial charge is 0.467 e. The van der Waals surface area contributed by atoms with Crippen LogP contribution in [0.5, 0.6) is 0 Å². The molecule has 0 amide bonds. The molecule has 2 rings (SSSR count). The number of imidazole rings is 1. The lowest BCUT2D eigenvalue weighted by atomic mass is 10.2. The van der Waals surface area contributed by atoms with Crippen molar-refractivity contribution in [3.05, 3.63) is 41.9 Å². The van der Waals surface area contributed by atoms with E-state index in [2.05, 4.69) is 28.7 Å². The fourth-order valence-electron chi connectivity index (χ4n) is 2.01. The zero-order valence-electron chi connectivity index (χ0n) is 11.1. The van der Waals surface area contributed by atoms with E-state index in [4.69, 9.17) is 4.42 Å². The zero-order chi connectivity index (χ0) is 12.8. The van der Waals surface area contributed by atoms with Gasteiger partial charge in [0.25, 0.3) is 0 Å². The number of furan rings is 1. The van der Waals surface area contributed by atoms with Crippen molar-refractivity contribution in [1.29, 1.82) is 0 Å². The van der Waals surface area contributed by atoms with Gasteiger partial charge in [0.1, 0.15) is 11.6 Å². The van der Waals surface area contributed by atoms with Gasteiger partial charge >= 0.3 is 0 Å². The molecule has 0 bridgehead atoms. The molecule has 0 atom stereocenters. The van der Waals surface area contributed by atoms with Gasteiger partial charge in [0.2, 0.25) is 0 Å². The number of hydrogen-bond acceptors (Lipinski definition) is 3. The number of aromatic nitrogens is 2. The van der Waals surface area contributed by atoms with E-state index in [1.54, 1.807) is 6.26 Å². The molecule has 0 aliphatic heterocycles. The maximum atomic E-state index is 5.58. The van der Waals surface area contributed by atoms with Crippen molar-refractivity contribution in [1.82, 2.24) is 14.9 Å². The minimum atomic E-state index is 0.767. The third kappa shape index (κ3) is 3.01. The maximum absolute atomic E-state index is 5.58. The number of nitrogens with zero attached hydrogens (tertiary/aromatic N) is 2. The summed E-state index contributed by atoms with van der Waals surface area (Å²) >= 11 is 0. The van der Waals surface area contributed by atoms with Gasteiger partial charge in [-0.05, 0) is 19.0 Å². The van der Waals surface area contributed by atoms with Crippen molar-refractivity contribution in [3.63, 3.8) is 0 Å². The van der Waals surface area contributed by atoms with E-state index < -0.39 is 0 Å². The standard InChI is InChI=1S/C14H21N3O/c1-3-5-14-16-7-8-17(14)11-13-12(6-9-18-13)10-15-4-2/h6-9,15H,3-5,10-11H2,1-2H3. The second kappa shape index (κ2) is 6.40. The van der Waals surface area contributed by atoms with Gasteiger partial charge in [-0.25, -0.2) is 4.98 Å². The number of nitrogens with one attached hydrogen (secondary N) is 1. The van der Waals surface area contributed by atoms with Gasteiger partial charge in [-0.1, -0.05) is 13.8 Å². The van der Waals surface area contributed by atoms with Gasteiger partial charge in [-0.2, -0.15) is 0 Å². The molecule has 1 N–H and O–H groups in total. The fraction of sp³-hybridized carbons (Fsp3) is 0.500. The van der Waals surface area contributed by atoms with Crippen molar-refractivity contribution in [2.75, 3.05) is 6.54 Å². The van der Waals surface area contributed by atoms with E-state index in [9.17, 15) is 0 Å². The Morgan fingerprint density at radius 1 is 1.39 bits per heavy atom. The predicted octanol–water partition coefficient (Wildman–Crippen LogP) is 2.59. The third-order valence-corrected chi connectivity index (χ3v) is 2.99. The minimum absolute atomic E-state index is 0.767. The Kier molecular flexibility index (Phi) is 4.59. The SMILES string of the molecule is CCCc1nccn1Cc1occc1CNCC. The lowest BCUT2D eigenvalue weighted by molar-refractivity contribution is 0.481. The Morgan fingerprint density at radius 2 is 2.28 bits per heavy atom. The molecule has 0 fully saturated rings. The van der Waals surface area contributed by atoms with E-state index in [1.165, 1.54) is 5.56 Å². The molecule has 0 saturated carbocycles. The van der Waals surface area contributed by atoms with Crippen molar-refractivity contribution in [2.24, 2.45) is 0 Å². The summed E-state index contributed by atoms with van der Waals surface area (Å²) < 4.78 is 7.74. The summed E-state index contributed by atoms with van der Waals surface area (Å²) in [5.74, 6) is 2.15. The normalized spacial score (nSPS) is 11.0. The van der Waals surface area contributed by atoms with Crippen LogP contribution in [0.15, 0.2) is 29.1 Å². The molecule has 0 unspecified atom stereocenters. The van der Waals surface area contributed by atoms with Gasteiger partial charge in [0.05, 0.1) is 12.8 Å². The molecule has 4 heteroatoms. The monoisotopic (exact) mass is 247 g/mol. The second-order valence-electron chi connectivity index (χ2n) is 4.37. The topological polar surface area (TPSA) is 43.0 Å². The smallest absolute Gasteiger partial charge is 0.127 e. The average Bonchev–Trinajstić information content (AvgIpc) is 2.98. The summed E-state index contributed by atoms with van der Waals surface area (Å²) in [5, 5.41) is 3.33. The summed E-state index contributed by atoms with van der Waals surface area (Å²) in [6.07, 6.45) is 7.76. The van der Waals surface area contributed by atoms with Gasteiger partial charge < -0.3 is 14.3 Å². The van der Waals surface area contributed by atoms with Crippen LogP contribution in [0.4, 0.5) is 0 Å². The highest BCUT2D eigenvalue weighted by Crippen LogP contribution is 2.14. The van der Waals surface area contributed by atoms with E-state index in [-0.39, 0.29) is 0 Å². The first-order chi connectivity index (χ1) is 8.85. The number of rotatable bonds is 7. The van der Waals surface area contributed by atoms with Crippen LogP contribution in [-0.2, 0) is 19.5 Å². The molecule has 2 aromatic rings. The Labute approximate surface area is 108 Å². The van der Waals surface area contributed by atoms with Crippen LogP contribution in [-0.4, -0.2) is 16.1 Å². The number of aryl methyl sites for hydroxylation is 1. The molecule has 0 aliphatic carbocycles. The molecule has 18 heavy (non-hydrogen) atoms. The molecule has 0 spiro atoms. The molecular weight excluding hydrogens is 226 g/mol. The third-order valence-electron chi connectivity index (χ3n) is 2.99. The highest BCUT2D eigenvalue weighted by molar-refractivity contribution is 5.17. The van der Waals surface area contributed by atoms with E-state index in [0.29, 0.717) is 0 Å². The van der Waals surface area contributed by atoms with Crippen LogP contribution in [0.2, 0.25) is 0 Å². The van der Waals surface area contributed by atoms with Crippen LogP contribution in [0.25, 0.3) is 0 Å². The van der Waals surface area contributed by atoms with Gasteiger partial charge in [-0.15, -0.1) is 0 Å². The summed E-state index contributed by atoms with van der Waals surface area (Å²) in [5.41, 5.74) is 1.23. The van der Waals surface area contributed by atoms with Crippen LogP contribution >= 0.6 is 0 Å². The van der Waals surface area contributed by atoms with Gasteiger partial charge in [-0.3, -0.25) is 0 Å². The fourth-order valence-corrected chi connectivity index (χ4v) is 2.01. The van der Waals surface area contributed by atoms with E-state index >= 15 is 0 Å².